The molecule has 86 valence electrons. The molecule has 16 heavy (non-hydrogen) atoms. The van der Waals surface area contributed by atoms with Crippen molar-refractivity contribution < 1.29 is 4.79 Å². The van der Waals surface area contributed by atoms with E-state index in [1.165, 1.54) is 0 Å². The zero-order chi connectivity index (χ0) is 11.5. The molecule has 2 rings (SSSR count). The molecule has 1 aliphatic carbocycles. The first-order valence-electron chi connectivity index (χ1n) is 5.54. The van der Waals surface area contributed by atoms with Gasteiger partial charge in [0.25, 0.3) is 0 Å². The third-order valence-electron chi connectivity index (χ3n) is 2.68. The van der Waals surface area contributed by atoms with E-state index in [0.29, 0.717) is 11.1 Å². The van der Waals surface area contributed by atoms with E-state index in [1.807, 2.05) is 11.8 Å². The minimum absolute atomic E-state index is 0.0210. The number of hydrogen-bond donors (Lipinski definition) is 1. The maximum Gasteiger partial charge on any atom is 0.322 e. The maximum absolute atomic E-state index is 11.9. The molecule has 0 aromatic heterocycles. The molecular formula is C12H15ClN2O. The molecule has 0 unspecified atom stereocenters. The molecule has 2 amide bonds. The van der Waals surface area contributed by atoms with Crippen LogP contribution in [-0.4, -0.2) is 23.5 Å². The zero-order valence-electron chi connectivity index (χ0n) is 9.24. The van der Waals surface area contributed by atoms with Crippen LogP contribution in [0.15, 0.2) is 24.3 Å². The summed E-state index contributed by atoms with van der Waals surface area (Å²) in [6.07, 6.45) is 2.25. The monoisotopic (exact) mass is 238 g/mol. The van der Waals surface area contributed by atoms with Gasteiger partial charge in [0.15, 0.2) is 0 Å². The Labute approximate surface area is 100 Å². The van der Waals surface area contributed by atoms with E-state index >= 15 is 0 Å². The van der Waals surface area contributed by atoms with E-state index in [2.05, 4.69) is 5.32 Å². The van der Waals surface area contributed by atoms with Crippen molar-refractivity contribution in [1.82, 2.24) is 4.90 Å². The number of hydrogen-bond acceptors (Lipinski definition) is 1. The molecule has 4 heteroatoms. The molecule has 0 saturated heterocycles. The van der Waals surface area contributed by atoms with Gasteiger partial charge >= 0.3 is 6.03 Å². The van der Waals surface area contributed by atoms with E-state index in [-0.39, 0.29) is 6.03 Å². The summed E-state index contributed by atoms with van der Waals surface area (Å²) < 4.78 is 0. The molecule has 1 aliphatic rings. The first-order chi connectivity index (χ1) is 7.70. The summed E-state index contributed by atoms with van der Waals surface area (Å²) in [6.45, 7) is 2.75. The fourth-order valence-corrected chi connectivity index (χ4v) is 1.81. The van der Waals surface area contributed by atoms with E-state index in [1.54, 1.807) is 24.3 Å². The minimum atomic E-state index is -0.0210. The highest BCUT2D eigenvalue weighted by Crippen LogP contribution is 2.27. The average Bonchev–Trinajstić information content (AvgIpc) is 3.07. The van der Waals surface area contributed by atoms with E-state index in [9.17, 15) is 4.79 Å². The second-order valence-corrected chi connectivity index (χ2v) is 4.39. The largest absolute Gasteiger partial charge is 0.322 e. The topological polar surface area (TPSA) is 32.3 Å². The fraction of sp³-hybridized carbons (Fsp3) is 0.417. The first kappa shape index (κ1) is 11.3. The molecule has 1 fully saturated rings. The molecule has 0 atom stereocenters. The SMILES string of the molecule is CCN(C(=O)Nc1ccc(Cl)cc1)C1CC1. The third kappa shape index (κ3) is 2.67. The molecule has 0 radical (unpaired) electrons. The predicted molar refractivity (Wildman–Crippen MR) is 65.9 cm³/mol. The Bertz CT molecular complexity index is 373. The van der Waals surface area contributed by atoms with Crippen LogP contribution in [0.1, 0.15) is 19.8 Å². The van der Waals surface area contributed by atoms with Gasteiger partial charge in [-0.05, 0) is 44.0 Å². The van der Waals surface area contributed by atoms with Gasteiger partial charge in [-0.3, -0.25) is 0 Å². The van der Waals surface area contributed by atoms with Crippen LogP contribution in [0.4, 0.5) is 10.5 Å². The predicted octanol–water partition coefficient (Wildman–Crippen LogP) is 3.36. The van der Waals surface area contributed by atoms with Crippen molar-refractivity contribution in [3.63, 3.8) is 0 Å². The number of anilines is 1. The summed E-state index contributed by atoms with van der Waals surface area (Å²) >= 11 is 5.78. The van der Waals surface area contributed by atoms with Crippen LogP contribution in [-0.2, 0) is 0 Å². The number of nitrogens with one attached hydrogen (secondary N) is 1. The summed E-state index contributed by atoms with van der Waals surface area (Å²) in [5.74, 6) is 0. The minimum Gasteiger partial charge on any atom is -0.322 e. The van der Waals surface area contributed by atoms with E-state index in [4.69, 9.17) is 11.6 Å². The second kappa shape index (κ2) is 4.74. The molecule has 1 saturated carbocycles. The molecule has 1 aromatic rings. The number of urea groups is 1. The highest BCUT2D eigenvalue weighted by molar-refractivity contribution is 6.30. The lowest BCUT2D eigenvalue weighted by Gasteiger charge is -2.20. The normalized spacial score (nSPS) is 14.6. The lowest BCUT2D eigenvalue weighted by molar-refractivity contribution is 0.212. The standard InChI is InChI=1S/C12H15ClN2O/c1-2-15(11-7-8-11)12(16)14-10-5-3-9(13)4-6-10/h3-6,11H,2,7-8H2,1H3,(H,14,16). The maximum atomic E-state index is 11.9. The lowest BCUT2D eigenvalue weighted by Crippen LogP contribution is -2.36. The first-order valence-corrected chi connectivity index (χ1v) is 5.91. The highest BCUT2D eigenvalue weighted by Gasteiger charge is 2.31. The highest BCUT2D eigenvalue weighted by atomic mass is 35.5. The number of carbonyl (C=O) groups is 1. The Morgan fingerprint density at radius 1 is 1.44 bits per heavy atom. The van der Waals surface area contributed by atoms with Crippen LogP contribution in [0.25, 0.3) is 0 Å². The van der Waals surface area contributed by atoms with Crippen molar-refractivity contribution in [2.45, 2.75) is 25.8 Å². The summed E-state index contributed by atoms with van der Waals surface area (Å²) in [5.41, 5.74) is 0.786. The van der Waals surface area contributed by atoms with E-state index in [0.717, 1.165) is 25.1 Å². The second-order valence-electron chi connectivity index (χ2n) is 3.95. The smallest absolute Gasteiger partial charge is 0.322 e. The quantitative estimate of drug-likeness (QED) is 0.861. The van der Waals surface area contributed by atoms with Gasteiger partial charge in [0.05, 0.1) is 0 Å². The number of amides is 2. The Balaban J connectivity index is 1.97. The van der Waals surface area contributed by atoms with Gasteiger partial charge in [0.2, 0.25) is 0 Å². The molecule has 3 nitrogen and oxygen atoms in total. The number of rotatable bonds is 3. The van der Waals surface area contributed by atoms with Crippen molar-refractivity contribution >= 4 is 23.3 Å². The lowest BCUT2D eigenvalue weighted by atomic mass is 10.3. The van der Waals surface area contributed by atoms with Gasteiger partial charge in [-0.1, -0.05) is 11.6 Å². The average molecular weight is 239 g/mol. The third-order valence-corrected chi connectivity index (χ3v) is 2.94. The van der Waals surface area contributed by atoms with Crippen molar-refractivity contribution in [1.29, 1.82) is 0 Å². The summed E-state index contributed by atoms with van der Waals surface area (Å²) in [4.78, 5) is 13.8. The zero-order valence-corrected chi connectivity index (χ0v) is 10.00. The van der Waals surface area contributed by atoms with Crippen LogP contribution in [0.2, 0.25) is 5.02 Å². The van der Waals surface area contributed by atoms with Crippen molar-refractivity contribution in [3.8, 4) is 0 Å². The van der Waals surface area contributed by atoms with Crippen LogP contribution >= 0.6 is 11.6 Å². The molecular weight excluding hydrogens is 224 g/mol. The van der Waals surface area contributed by atoms with Gasteiger partial charge in [0, 0.05) is 23.3 Å². The van der Waals surface area contributed by atoms with Crippen LogP contribution < -0.4 is 5.32 Å². The fourth-order valence-electron chi connectivity index (χ4n) is 1.68. The van der Waals surface area contributed by atoms with Gasteiger partial charge in [-0.2, -0.15) is 0 Å². The molecule has 0 heterocycles. The number of benzene rings is 1. The molecule has 0 bridgehead atoms. The van der Waals surface area contributed by atoms with Gasteiger partial charge in [0.1, 0.15) is 0 Å². The van der Waals surface area contributed by atoms with Crippen LogP contribution in [0.5, 0.6) is 0 Å². The van der Waals surface area contributed by atoms with Gasteiger partial charge in [-0.15, -0.1) is 0 Å². The molecule has 0 spiro atoms. The van der Waals surface area contributed by atoms with E-state index < -0.39 is 0 Å². The molecule has 1 N–H and O–H groups in total. The Morgan fingerprint density at radius 3 is 2.56 bits per heavy atom. The van der Waals surface area contributed by atoms with Crippen molar-refractivity contribution in [2.24, 2.45) is 0 Å². The van der Waals surface area contributed by atoms with Crippen molar-refractivity contribution in [3.05, 3.63) is 29.3 Å². The van der Waals surface area contributed by atoms with Crippen LogP contribution in [0.3, 0.4) is 0 Å². The number of halogens is 1. The van der Waals surface area contributed by atoms with Gasteiger partial charge in [-0.25, -0.2) is 4.79 Å². The Kier molecular flexibility index (Phi) is 3.34. The van der Waals surface area contributed by atoms with Gasteiger partial charge < -0.3 is 10.2 Å². The Hall–Kier alpha value is -1.22. The van der Waals surface area contributed by atoms with Crippen molar-refractivity contribution in [2.75, 3.05) is 11.9 Å². The molecule has 1 aromatic carbocycles. The molecule has 0 aliphatic heterocycles. The summed E-state index contributed by atoms with van der Waals surface area (Å²) in [7, 11) is 0. The number of carbonyl (C=O) groups excluding carboxylic acids is 1. The van der Waals surface area contributed by atoms with Crippen LogP contribution in [0, 0.1) is 0 Å². The summed E-state index contributed by atoms with van der Waals surface area (Å²) in [5, 5.41) is 3.54. The Morgan fingerprint density at radius 2 is 2.06 bits per heavy atom. The summed E-state index contributed by atoms with van der Waals surface area (Å²) in [6, 6.07) is 7.57. The number of nitrogens with zero attached hydrogens (tertiary/aromatic N) is 1.